The fraction of sp³-hybridized carbons (Fsp3) is 0.571. The van der Waals surface area contributed by atoms with Gasteiger partial charge >= 0.3 is 17.9 Å². The molecule has 0 aromatic rings. The van der Waals surface area contributed by atoms with Crippen molar-refractivity contribution < 1.29 is 28.5 Å². The van der Waals surface area contributed by atoms with E-state index in [-0.39, 0.29) is 24.4 Å². The van der Waals surface area contributed by atoms with E-state index in [1.54, 1.807) is 0 Å². The number of carbonyl (C=O) groups excluding carboxylic acids is 2. The molecule has 0 amide bonds. The first-order valence-electron chi connectivity index (χ1n) is 6.21. The van der Waals surface area contributed by atoms with E-state index in [0.29, 0.717) is 6.61 Å². The third kappa shape index (κ3) is 7.06. The van der Waals surface area contributed by atoms with Crippen molar-refractivity contribution in [2.75, 3.05) is 19.8 Å². The number of hydrogen-bond acceptors (Lipinski definition) is 6. The molecular formula is C14H22O6. The Morgan fingerprint density at radius 3 is 1.80 bits per heavy atom. The Labute approximate surface area is 119 Å². The van der Waals surface area contributed by atoms with Crippen LogP contribution in [-0.4, -0.2) is 37.7 Å². The van der Waals surface area contributed by atoms with Crippen LogP contribution < -0.4 is 0 Å². The maximum absolute atomic E-state index is 11.6. The minimum Gasteiger partial charge on any atom is -0.395 e. The van der Waals surface area contributed by atoms with Crippen LogP contribution in [0.25, 0.3) is 0 Å². The predicted octanol–water partition coefficient (Wildman–Crippen LogP) is 1.95. The molecule has 0 aliphatic rings. The lowest BCUT2D eigenvalue weighted by Crippen LogP contribution is -2.41. The predicted molar refractivity (Wildman–Crippen MR) is 72.7 cm³/mol. The van der Waals surface area contributed by atoms with E-state index in [0.717, 1.165) is 0 Å². The van der Waals surface area contributed by atoms with Gasteiger partial charge in [0, 0.05) is 24.7 Å². The van der Waals surface area contributed by atoms with E-state index in [2.05, 4.69) is 13.2 Å². The zero-order valence-corrected chi connectivity index (χ0v) is 12.5. The van der Waals surface area contributed by atoms with Gasteiger partial charge < -0.3 is 18.9 Å². The molecule has 0 aromatic carbocycles. The smallest absolute Gasteiger partial charge is 0.373 e. The minimum atomic E-state index is -1.84. The van der Waals surface area contributed by atoms with Gasteiger partial charge in [0.15, 0.2) is 0 Å². The molecule has 0 saturated heterocycles. The van der Waals surface area contributed by atoms with Gasteiger partial charge in [0.05, 0.1) is 13.2 Å². The maximum atomic E-state index is 11.6. The van der Waals surface area contributed by atoms with Crippen molar-refractivity contribution in [1.29, 1.82) is 0 Å². The summed E-state index contributed by atoms with van der Waals surface area (Å²) in [5.41, 5.74) is 0.326. The average molecular weight is 286 g/mol. The Morgan fingerprint density at radius 2 is 1.45 bits per heavy atom. The number of ether oxygens (including phenoxy) is 4. The molecule has 6 nitrogen and oxygen atoms in total. The van der Waals surface area contributed by atoms with E-state index in [1.807, 2.05) is 6.92 Å². The van der Waals surface area contributed by atoms with Crippen LogP contribution in [0.15, 0.2) is 24.3 Å². The second-order valence-corrected chi connectivity index (χ2v) is 4.25. The molecule has 0 aliphatic carbocycles. The zero-order valence-electron chi connectivity index (χ0n) is 12.5. The second-order valence-electron chi connectivity index (χ2n) is 4.25. The fourth-order valence-electron chi connectivity index (χ4n) is 1.02. The summed E-state index contributed by atoms with van der Waals surface area (Å²) >= 11 is 0. The van der Waals surface area contributed by atoms with Gasteiger partial charge in [-0.1, -0.05) is 13.2 Å². The largest absolute Gasteiger partial charge is 0.395 e. The van der Waals surface area contributed by atoms with Gasteiger partial charge in [-0.05, 0) is 20.8 Å². The Hall–Kier alpha value is -1.66. The molecule has 0 rings (SSSR count). The lowest BCUT2D eigenvalue weighted by Gasteiger charge is -2.28. The van der Waals surface area contributed by atoms with Crippen LogP contribution in [0.2, 0.25) is 0 Å². The SMILES string of the molecule is C=C(C)C(=O)OC(C)(OCCOCC)OC(=O)C(=C)C. The molecule has 0 unspecified atom stereocenters. The Bertz CT molecular complexity index is 357. The summed E-state index contributed by atoms with van der Waals surface area (Å²) in [6.07, 6.45) is 0. The van der Waals surface area contributed by atoms with Crippen LogP contribution in [0.1, 0.15) is 27.7 Å². The molecule has 0 heterocycles. The van der Waals surface area contributed by atoms with E-state index in [4.69, 9.17) is 18.9 Å². The van der Waals surface area contributed by atoms with Crippen LogP contribution in [0.4, 0.5) is 0 Å². The highest BCUT2D eigenvalue weighted by Gasteiger charge is 2.35. The molecule has 0 atom stereocenters. The third-order valence-electron chi connectivity index (χ3n) is 2.05. The van der Waals surface area contributed by atoms with Gasteiger partial charge in [0.2, 0.25) is 0 Å². The van der Waals surface area contributed by atoms with Crippen molar-refractivity contribution in [3.8, 4) is 0 Å². The van der Waals surface area contributed by atoms with Crippen molar-refractivity contribution in [3.05, 3.63) is 24.3 Å². The van der Waals surface area contributed by atoms with Crippen molar-refractivity contribution in [2.45, 2.75) is 33.7 Å². The lowest BCUT2D eigenvalue weighted by molar-refractivity contribution is -0.334. The molecule has 20 heavy (non-hydrogen) atoms. The van der Waals surface area contributed by atoms with Crippen LogP contribution >= 0.6 is 0 Å². The van der Waals surface area contributed by atoms with Gasteiger partial charge in [-0.2, -0.15) is 0 Å². The van der Waals surface area contributed by atoms with Gasteiger partial charge in [0.25, 0.3) is 0 Å². The van der Waals surface area contributed by atoms with Gasteiger partial charge in [0.1, 0.15) is 0 Å². The molecule has 0 aromatic heterocycles. The molecule has 6 heteroatoms. The highest BCUT2D eigenvalue weighted by Crippen LogP contribution is 2.18. The summed E-state index contributed by atoms with van der Waals surface area (Å²) < 4.78 is 20.4. The van der Waals surface area contributed by atoms with Crippen molar-refractivity contribution in [1.82, 2.24) is 0 Å². The molecule has 0 N–H and O–H groups in total. The Kier molecular flexibility index (Phi) is 7.79. The van der Waals surface area contributed by atoms with E-state index < -0.39 is 17.9 Å². The Morgan fingerprint density at radius 1 is 1.00 bits per heavy atom. The topological polar surface area (TPSA) is 71.1 Å². The lowest BCUT2D eigenvalue weighted by atomic mass is 10.3. The first-order valence-corrected chi connectivity index (χ1v) is 6.21. The summed E-state index contributed by atoms with van der Waals surface area (Å²) in [5, 5.41) is 0. The number of hydrogen-bond donors (Lipinski definition) is 0. The zero-order chi connectivity index (χ0) is 15.8. The average Bonchev–Trinajstić information content (AvgIpc) is 2.34. The van der Waals surface area contributed by atoms with Gasteiger partial charge in [-0.3, -0.25) is 0 Å². The number of rotatable bonds is 9. The van der Waals surface area contributed by atoms with Crippen LogP contribution in [0, 0.1) is 0 Å². The van der Waals surface area contributed by atoms with Crippen molar-refractivity contribution >= 4 is 11.9 Å². The Balaban J connectivity index is 4.73. The molecule has 0 radical (unpaired) electrons. The molecule has 0 bridgehead atoms. The normalized spacial score (nSPS) is 10.8. The highest BCUT2D eigenvalue weighted by molar-refractivity contribution is 5.88. The van der Waals surface area contributed by atoms with Crippen LogP contribution in [-0.2, 0) is 28.5 Å². The minimum absolute atomic E-state index is 0.0945. The summed E-state index contributed by atoms with van der Waals surface area (Å²) in [6, 6.07) is 0. The number of esters is 2. The molecular weight excluding hydrogens is 264 g/mol. The number of carbonyl (C=O) groups is 2. The molecule has 0 saturated carbocycles. The molecule has 0 spiro atoms. The first kappa shape index (κ1) is 18.3. The van der Waals surface area contributed by atoms with Crippen molar-refractivity contribution in [2.24, 2.45) is 0 Å². The molecule has 0 aliphatic heterocycles. The summed E-state index contributed by atoms with van der Waals surface area (Å²) in [5.74, 6) is -3.29. The molecule has 114 valence electrons. The van der Waals surface area contributed by atoms with Gasteiger partial charge in [-0.15, -0.1) is 0 Å². The van der Waals surface area contributed by atoms with E-state index in [9.17, 15) is 9.59 Å². The monoisotopic (exact) mass is 286 g/mol. The standard InChI is InChI=1S/C14H22O6/c1-7-17-8-9-18-14(6,19-12(15)10(2)3)20-13(16)11(4)5/h2,4,7-9H2,1,3,5-6H3. The maximum Gasteiger partial charge on any atom is 0.373 e. The van der Waals surface area contributed by atoms with E-state index in [1.165, 1.54) is 20.8 Å². The van der Waals surface area contributed by atoms with Gasteiger partial charge in [-0.25, -0.2) is 9.59 Å². The summed E-state index contributed by atoms with van der Waals surface area (Å²) in [4.78, 5) is 23.1. The third-order valence-corrected chi connectivity index (χ3v) is 2.05. The second kappa shape index (κ2) is 8.50. The molecule has 0 fully saturated rings. The fourth-order valence-corrected chi connectivity index (χ4v) is 1.02. The van der Waals surface area contributed by atoms with Crippen molar-refractivity contribution in [3.63, 3.8) is 0 Å². The summed E-state index contributed by atoms with van der Waals surface area (Å²) in [7, 11) is 0. The van der Waals surface area contributed by atoms with E-state index >= 15 is 0 Å². The van der Waals surface area contributed by atoms with Crippen LogP contribution in [0.5, 0.6) is 0 Å². The summed E-state index contributed by atoms with van der Waals surface area (Å²) in [6.45, 7) is 13.9. The quantitative estimate of drug-likeness (QED) is 0.279. The highest BCUT2D eigenvalue weighted by atomic mass is 16.9. The first-order chi connectivity index (χ1) is 9.22. The van der Waals surface area contributed by atoms with Crippen LogP contribution in [0.3, 0.4) is 0 Å².